The molecule has 3 nitrogen and oxygen atoms in total. The highest BCUT2D eigenvalue weighted by Crippen LogP contribution is 2.40. The van der Waals surface area contributed by atoms with Gasteiger partial charge in [-0.1, -0.05) is 12.1 Å². The van der Waals surface area contributed by atoms with E-state index in [2.05, 4.69) is 5.32 Å². The van der Waals surface area contributed by atoms with Gasteiger partial charge in [-0.25, -0.2) is 4.79 Å². The highest BCUT2D eigenvalue weighted by Gasteiger charge is 2.48. The van der Waals surface area contributed by atoms with Crippen LogP contribution in [-0.4, -0.2) is 23.3 Å². The van der Waals surface area contributed by atoms with Gasteiger partial charge < -0.3 is 10.4 Å². The van der Waals surface area contributed by atoms with Crippen LogP contribution in [0.3, 0.4) is 0 Å². The molecule has 2 rings (SSSR count). The van der Waals surface area contributed by atoms with E-state index in [9.17, 15) is 18.0 Å². The van der Waals surface area contributed by atoms with Crippen LogP contribution in [0.5, 0.6) is 0 Å². The van der Waals surface area contributed by atoms with Crippen LogP contribution in [0.15, 0.2) is 24.3 Å². The second-order valence-electron chi connectivity index (χ2n) is 4.74. The SMILES string of the molecule is O=C(O)c1ccc(CNC(C2CC2)C(F)(F)F)cc1. The van der Waals surface area contributed by atoms with Gasteiger partial charge in [-0.05, 0) is 36.5 Å². The van der Waals surface area contributed by atoms with E-state index in [-0.39, 0.29) is 18.0 Å². The number of alkyl halides is 3. The number of hydrogen-bond acceptors (Lipinski definition) is 2. The summed E-state index contributed by atoms with van der Waals surface area (Å²) in [5.41, 5.74) is 0.762. The van der Waals surface area contributed by atoms with Crippen molar-refractivity contribution in [1.29, 1.82) is 0 Å². The Morgan fingerprint density at radius 3 is 2.32 bits per heavy atom. The number of aromatic carboxylic acids is 1. The van der Waals surface area contributed by atoms with Gasteiger partial charge in [0.1, 0.15) is 6.04 Å². The minimum Gasteiger partial charge on any atom is -0.478 e. The Morgan fingerprint density at radius 2 is 1.89 bits per heavy atom. The van der Waals surface area contributed by atoms with Gasteiger partial charge >= 0.3 is 12.1 Å². The van der Waals surface area contributed by atoms with E-state index < -0.39 is 18.2 Å². The molecule has 1 aliphatic rings. The van der Waals surface area contributed by atoms with Gasteiger partial charge in [0.25, 0.3) is 0 Å². The highest BCUT2D eigenvalue weighted by atomic mass is 19.4. The monoisotopic (exact) mass is 273 g/mol. The van der Waals surface area contributed by atoms with Gasteiger partial charge in [0.15, 0.2) is 0 Å². The molecular weight excluding hydrogens is 259 g/mol. The Hall–Kier alpha value is -1.56. The maximum atomic E-state index is 12.7. The molecule has 0 aliphatic heterocycles. The highest BCUT2D eigenvalue weighted by molar-refractivity contribution is 5.87. The largest absolute Gasteiger partial charge is 0.478 e. The second kappa shape index (κ2) is 5.21. The van der Waals surface area contributed by atoms with Crippen molar-refractivity contribution in [3.05, 3.63) is 35.4 Å². The molecule has 1 aromatic rings. The second-order valence-corrected chi connectivity index (χ2v) is 4.74. The van der Waals surface area contributed by atoms with Gasteiger partial charge in [-0.2, -0.15) is 13.2 Å². The van der Waals surface area contributed by atoms with Crippen LogP contribution in [0.1, 0.15) is 28.8 Å². The van der Waals surface area contributed by atoms with E-state index in [0.717, 1.165) is 0 Å². The molecule has 2 N–H and O–H groups in total. The summed E-state index contributed by atoms with van der Waals surface area (Å²) in [6.45, 7) is 0.0839. The molecule has 1 unspecified atom stereocenters. The van der Waals surface area contributed by atoms with Crippen LogP contribution in [0.4, 0.5) is 13.2 Å². The minimum absolute atomic E-state index is 0.0839. The fraction of sp³-hybridized carbons (Fsp3) is 0.462. The van der Waals surface area contributed by atoms with Crippen molar-refractivity contribution in [2.24, 2.45) is 5.92 Å². The molecule has 0 spiro atoms. The summed E-state index contributed by atoms with van der Waals surface area (Å²) < 4.78 is 38.2. The van der Waals surface area contributed by atoms with Crippen LogP contribution in [0.25, 0.3) is 0 Å². The summed E-state index contributed by atoms with van der Waals surface area (Å²) in [4.78, 5) is 10.6. The normalized spacial score (nSPS) is 17.2. The fourth-order valence-electron chi connectivity index (χ4n) is 1.97. The lowest BCUT2D eigenvalue weighted by Crippen LogP contribution is -2.43. The molecule has 1 fully saturated rings. The number of halogens is 3. The maximum Gasteiger partial charge on any atom is 0.404 e. The van der Waals surface area contributed by atoms with E-state index in [4.69, 9.17) is 5.11 Å². The zero-order valence-electron chi connectivity index (χ0n) is 10.1. The summed E-state index contributed by atoms with van der Waals surface area (Å²) in [6.07, 6.45) is -3.02. The lowest BCUT2D eigenvalue weighted by atomic mass is 10.1. The van der Waals surface area contributed by atoms with Crippen LogP contribution < -0.4 is 5.32 Å². The van der Waals surface area contributed by atoms with E-state index in [0.29, 0.717) is 18.4 Å². The lowest BCUT2D eigenvalue weighted by molar-refractivity contribution is -0.161. The zero-order chi connectivity index (χ0) is 14.0. The molecule has 1 aliphatic carbocycles. The molecular formula is C13H14F3NO2. The Morgan fingerprint density at radius 1 is 1.32 bits per heavy atom. The zero-order valence-corrected chi connectivity index (χ0v) is 10.1. The molecule has 19 heavy (non-hydrogen) atoms. The summed E-state index contributed by atoms with van der Waals surface area (Å²) in [5, 5.41) is 11.2. The number of nitrogens with one attached hydrogen (secondary N) is 1. The van der Waals surface area contributed by atoms with Crippen molar-refractivity contribution in [2.45, 2.75) is 31.6 Å². The van der Waals surface area contributed by atoms with Gasteiger partial charge in [0.2, 0.25) is 0 Å². The first-order valence-electron chi connectivity index (χ1n) is 6.00. The predicted octanol–water partition coefficient (Wildman–Crippen LogP) is 2.82. The summed E-state index contributed by atoms with van der Waals surface area (Å²) in [5.74, 6) is -1.37. The quantitative estimate of drug-likeness (QED) is 0.867. The first-order chi connectivity index (χ1) is 8.88. The molecule has 0 heterocycles. The lowest BCUT2D eigenvalue weighted by Gasteiger charge is -2.21. The third-order valence-electron chi connectivity index (χ3n) is 3.17. The van der Waals surface area contributed by atoms with E-state index >= 15 is 0 Å². The minimum atomic E-state index is -4.23. The van der Waals surface area contributed by atoms with Gasteiger partial charge in [-0.15, -0.1) is 0 Å². The molecule has 1 aromatic carbocycles. The van der Waals surface area contributed by atoms with E-state index in [1.807, 2.05) is 0 Å². The molecule has 104 valence electrons. The molecule has 0 bridgehead atoms. The van der Waals surface area contributed by atoms with Crippen molar-refractivity contribution in [3.63, 3.8) is 0 Å². The summed E-state index contributed by atoms with van der Waals surface area (Å²) in [7, 11) is 0. The third kappa shape index (κ3) is 3.70. The average Bonchev–Trinajstić information content (AvgIpc) is 3.12. The smallest absolute Gasteiger partial charge is 0.404 e. The number of carbonyl (C=O) groups is 1. The fourth-order valence-corrected chi connectivity index (χ4v) is 1.97. The van der Waals surface area contributed by atoms with Crippen molar-refractivity contribution < 1.29 is 23.1 Å². The van der Waals surface area contributed by atoms with E-state index in [1.165, 1.54) is 24.3 Å². The molecule has 0 radical (unpaired) electrons. The Bertz CT molecular complexity index is 452. The average molecular weight is 273 g/mol. The van der Waals surface area contributed by atoms with Crippen LogP contribution >= 0.6 is 0 Å². The first-order valence-corrected chi connectivity index (χ1v) is 6.00. The predicted molar refractivity (Wildman–Crippen MR) is 62.8 cm³/mol. The van der Waals surface area contributed by atoms with Crippen molar-refractivity contribution in [2.75, 3.05) is 0 Å². The van der Waals surface area contributed by atoms with E-state index in [1.54, 1.807) is 0 Å². The van der Waals surface area contributed by atoms with Crippen molar-refractivity contribution in [3.8, 4) is 0 Å². The molecule has 0 amide bonds. The van der Waals surface area contributed by atoms with Gasteiger partial charge in [-0.3, -0.25) is 0 Å². The van der Waals surface area contributed by atoms with Gasteiger partial charge in [0, 0.05) is 6.54 Å². The Labute approximate surface area is 108 Å². The third-order valence-corrected chi connectivity index (χ3v) is 3.17. The first kappa shape index (κ1) is 13.9. The Balaban J connectivity index is 1.95. The van der Waals surface area contributed by atoms with Crippen molar-refractivity contribution in [1.82, 2.24) is 5.32 Å². The topological polar surface area (TPSA) is 49.3 Å². The van der Waals surface area contributed by atoms with Crippen LogP contribution in [0.2, 0.25) is 0 Å². The molecule has 6 heteroatoms. The number of rotatable bonds is 5. The summed E-state index contributed by atoms with van der Waals surface area (Å²) >= 11 is 0. The van der Waals surface area contributed by atoms with Gasteiger partial charge in [0.05, 0.1) is 5.56 Å². The molecule has 1 atom stereocenters. The Kier molecular flexibility index (Phi) is 3.80. The number of carboxylic acids is 1. The summed E-state index contributed by atoms with van der Waals surface area (Å²) in [6, 6.07) is 4.36. The standard InChI is InChI=1S/C13H14F3NO2/c14-13(15,16)11(9-5-6-9)17-7-8-1-3-10(4-2-8)12(18)19/h1-4,9,11,17H,5-7H2,(H,18,19). The molecule has 0 saturated heterocycles. The van der Waals surface area contributed by atoms with Crippen LogP contribution in [-0.2, 0) is 6.54 Å². The van der Waals surface area contributed by atoms with Crippen molar-refractivity contribution >= 4 is 5.97 Å². The number of carboxylic acid groups (broad SMARTS) is 1. The molecule has 1 saturated carbocycles. The maximum absolute atomic E-state index is 12.7. The molecule has 0 aromatic heterocycles. The van der Waals surface area contributed by atoms with Crippen LogP contribution in [0, 0.1) is 5.92 Å². The number of hydrogen-bond donors (Lipinski definition) is 2. The number of benzene rings is 1.